The number of amides is 1. The van der Waals surface area contributed by atoms with E-state index in [1.807, 2.05) is 0 Å². The van der Waals surface area contributed by atoms with Gasteiger partial charge in [0, 0.05) is 17.7 Å². The molecule has 0 radical (unpaired) electrons. The smallest absolute Gasteiger partial charge is 0.275 e. The number of nitrogens with one attached hydrogen (secondary N) is 1. The normalized spacial score (nSPS) is 11.2. The van der Waals surface area contributed by atoms with E-state index >= 15 is 0 Å². The molecule has 0 bridgehead atoms. The van der Waals surface area contributed by atoms with Crippen molar-refractivity contribution < 1.29 is 13.9 Å². The number of nitrogens with zero attached hydrogens (tertiary/aromatic N) is 3. The summed E-state index contributed by atoms with van der Waals surface area (Å²) in [6, 6.07) is 13.9. The summed E-state index contributed by atoms with van der Waals surface area (Å²) in [7, 11) is 0. The zero-order chi connectivity index (χ0) is 23.4. The van der Waals surface area contributed by atoms with Crippen LogP contribution in [-0.2, 0) is 6.61 Å². The molecule has 2 aromatic carbocycles. The average Bonchev–Trinajstić information content (AvgIpc) is 3.24. The van der Waals surface area contributed by atoms with E-state index in [0.29, 0.717) is 28.0 Å². The molecule has 1 amide bonds. The van der Waals surface area contributed by atoms with Crippen molar-refractivity contribution in [3.8, 4) is 5.75 Å². The van der Waals surface area contributed by atoms with Crippen molar-refractivity contribution >= 4 is 27.9 Å². The van der Waals surface area contributed by atoms with Crippen molar-refractivity contribution in [1.29, 1.82) is 0 Å². The van der Waals surface area contributed by atoms with Gasteiger partial charge in [-0.1, -0.05) is 37.3 Å². The summed E-state index contributed by atoms with van der Waals surface area (Å²) >= 11 is 1.43. The minimum atomic E-state index is -0.580. The van der Waals surface area contributed by atoms with Gasteiger partial charge in [-0.3, -0.25) is 9.59 Å². The minimum Gasteiger partial charge on any atom is -0.487 e. The maximum atomic E-state index is 13.8. The molecule has 0 atom stereocenters. The highest BCUT2D eigenvalue weighted by atomic mass is 32.1. The molecule has 1 N–H and O–H groups in total. The van der Waals surface area contributed by atoms with E-state index in [0.717, 1.165) is 17.8 Å². The molecule has 33 heavy (non-hydrogen) atoms. The van der Waals surface area contributed by atoms with Gasteiger partial charge in [-0.25, -0.2) is 9.37 Å². The van der Waals surface area contributed by atoms with Crippen molar-refractivity contribution in [3.05, 3.63) is 87.0 Å². The maximum absolute atomic E-state index is 13.8. The van der Waals surface area contributed by atoms with E-state index in [-0.39, 0.29) is 17.7 Å². The third-order valence-electron chi connectivity index (χ3n) is 5.27. The van der Waals surface area contributed by atoms with Crippen LogP contribution in [0.2, 0.25) is 0 Å². The Balaban J connectivity index is 1.42. The van der Waals surface area contributed by atoms with Crippen molar-refractivity contribution in [2.45, 2.75) is 39.2 Å². The van der Waals surface area contributed by atoms with E-state index < -0.39 is 11.7 Å². The molecule has 170 valence electrons. The summed E-state index contributed by atoms with van der Waals surface area (Å²) in [6.45, 7) is 4.32. The number of aromatic nitrogens is 3. The van der Waals surface area contributed by atoms with Crippen molar-refractivity contribution in [1.82, 2.24) is 14.6 Å². The third kappa shape index (κ3) is 5.09. The van der Waals surface area contributed by atoms with Gasteiger partial charge in [0.2, 0.25) is 4.96 Å². The molecular formula is C24H23FN4O3S. The van der Waals surface area contributed by atoms with Crippen LogP contribution in [-0.4, -0.2) is 20.5 Å². The van der Waals surface area contributed by atoms with Gasteiger partial charge in [-0.05, 0) is 49.2 Å². The third-order valence-corrected chi connectivity index (χ3v) is 6.34. The predicted octanol–water partition coefficient (Wildman–Crippen LogP) is 5.03. The lowest BCUT2D eigenvalue weighted by molar-refractivity contribution is 0.102. The van der Waals surface area contributed by atoms with E-state index in [4.69, 9.17) is 4.74 Å². The summed E-state index contributed by atoms with van der Waals surface area (Å²) in [6.07, 6.45) is 1.91. The molecule has 9 heteroatoms. The van der Waals surface area contributed by atoms with Crippen LogP contribution in [0.3, 0.4) is 0 Å². The SMILES string of the molecule is CCC(CC)c1nn2c(=O)cc(COc3ccc(NC(=O)c4ccccc4F)cc3)nc2s1. The fourth-order valence-corrected chi connectivity index (χ4v) is 4.57. The summed E-state index contributed by atoms with van der Waals surface area (Å²) in [5.41, 5.74) is 0.753. The summed E-state index contributed by atoms with van der Waals surface area (Å²) in [5.74, 6) is -0.253. The summed E-state index contributed by atoms with van der Waals surface area (Å²) in [5, 5.41) is 8.00. The highest BCUT2D eigenvalue weighted by molar-refractivity contribution is 7.16. The molecule has 0 spiro atoms. The fraction of sp³-hybridized carbons (Fsp3) is 0.250. The van der Waals surface area contributed by atoms with Crippen LogP contribution in [0.25, 0.3) is 4.96 Å². The first kappa shape index (κ1) is 22.6. The Labute approximate surface area is 193 Å². The average molecular weight is 467 g/mol. The van der Waals surface area contributed by atoms with Crippen LogP contribution >= 0.6 is 11.3 Å². The zero-order valence-electron chi connectivity index (χ0n) is 18.2. The van der Waals surface area contributed by atoms with Gasteiger partial charge in [0.1, 0.15) is 23.2 Å². The van der Waals surface area contributed by atoms with Gasteiger partial charge in [0.15, 0.2) is 0 Å². The van der Waals surface area contributed by atoms with Gasteiger partial charge in [-0.15, -0.1) is 0 Å². The number of halogens is 1. The molecule has 0 unspecified atom stereocenters. The number of hydrogen-bond acceptors (Lipinski definition) is 6. The Bertz CT molecular complexity index is 1330. The first-order valence-corrected chi connectivity index (χ1v) is 11.5. The van der Waals surface area contributed by atoms with Crippen molar-refractivity contribution in [3.63, 3.8) is 0 Å². The highest BCUT2D eigenvalue weighted by Gasteiger charge is 2.16. The van der Waals surface area contributed by atoms with Crippen LogP contribution in [0.1, 0.15) is 53.7 Å². The van der Waals surface area contributed by atoms with E-state index in [1.165, 1.54) is 40.1 Å². The number of ether oxygens (including phenoxy) is 1. The summed E-state index contributed by atoms with van der Waals surface area (Å²) in [4.78, 5) is 29.8. The van der Waals surface area contributed by atoms with Crippen LogP contribution < -0.4 is 15.6 Å². The number of carbonyl (C=O) groups excluding carboxylic acids is 1. The monoisotopic (exact) mass is 466 g/mol. The Morgan fingerprint density at radius 1 is 1.15 bits per heavy atom. The minimum absolute atomic E-state index is 0.0269. The lowest BCUT2D eigenvalue weighted by atomic mass is 10.1. The van der Waals surface area contributed by atoms with Gasteiger partial charge in [0.25, 0.3) is 11.5 Å². The molecule has 0 aliphatic rings. The number of carbonyl (C=O) groups is 1. The van der Waals surface area contributed by atoms with Crippen LogP contribution in [0.4, 0.5) is 10.1 Å². The topological polar surface area (TPSA) is 85.6 Å². The molecular weight excluding hydrogens is 443 g/mol. The standard InChI is InChI=1S/C24H23FN4O3S/c1-3-15(4-2)23-28-29-21(30)13-17(27-24(29)33-23)14-32-18-11-9-16(10-12-18)26-22(31)19-7-5-6-8-20(19)25/h5-13,15H,3-4,14H2,1-2H3,(H,26,31). The van der Waals surface area contributed by atoms with Crippen LogP contribution in [0, 0.1) is 5.82 Å². The molecule has 2 aromatic heterocycles. The first-order valence-electron chi connectivity index (χ1n) is 10.7. The second-order valence-corrected chi connectivity index (χ2v) is 8.47. The Hall–Kier alpha value is -3.59. The Morgan fingerprint density at radius 3 is 2.58 bits per heavy atom. The van der Waals surface area contributed by atoms with Gasteiger partial charge >= 0.3 is 0 Å². The van der Waals surface area contributed by atoms with Gasteiger partial charge in [0.05, 0.1) is 11.3 Å². The first-order chi connectivity index (χ1) is 16.0. The molecule has 0 saturated heterocycles. The second-order valence-electron chi connectivity index (χ2n) is 7.48. The zero-order valence-corrected chi connectivity index (χ0v) is 19.1. The number of hydrogen-bond donors (Lipinski definition) is 1. The second kappa shape index (κ2) is 9.91. The van der Waals surface area contributed by atoms with Crippen molar-refractivity contribution in [2.24, 2.45) is 0 Å². The van der Waals surface area contributed by atoms with E-state index in [1.54, 1.807) is 30.3 Å². The molecule has 4 rings (SSSR count). The number of rotatable bonds is 8. The number of fused-ring (bicyclic) bond motifs is 1. The Morgan fingerprint density at radius 2 is 1.88 bits per heavy atom. The van der Waals surface area contributed by atoms with Crippen molar-refractivity contribution in [2.75, 3.05) is 5.32 Å². The van der Waals surface area contributed by atoms with E-state index in [2.05, 4.69) is 29.2 Å². The molecule has 7 nitrogen and oxygen atoms in total. The van der Waals surface area contributed by atoms with E-state index in [9.17, 15) is 14.0 Å². The molecule has 0 aliphatic carbocycles. The quantitative estimate of drug-likeness (QED) is 0.394. The number of benzene rings is 2. The largest absolute Gasteiger partial charge is 0.487 e. The van der Waals surface area contributed by atoms with Crippen LogP contribution in [0.15, 0.2) is 59.4 Å². The molecule has 0 saturated carbocycles. The number of anilines is 1. The van der Waals surface area contributed by atoms with Crippen LogP contribution in [0.5, 0.6) is 5.75 Å². The predicted molar refractivity (Wildman–Crippen MR) is 126 cm³/mol. The lowest BCUT2D eigenvalue weighted by Gasteiger charge is -2.08. The lowest BCUT2D eigenvalue weighted by Crippen LogP contribution is -2.16. The highest BCUT2D eigenvalue weighted by Crippen LogP contribution is 2.26. The van der Waals surface area contributed by atoms with Gasteiger partial charge in [-0.2, -0.15) is 9.61 Å². The molecule has 0 aliphatic heterocycles. The summed E-state index contributed by atoms with van der Waals surface area (Å²) < 4.78 is 20.9. The molecule has 4 aromatic rings. The maximum Gasteiger partial charge on any atom is 0.275 e. The van der Waals surface area contributed by atoms with Gasteiger partial charge < -0.3 is 10.1 Å². The fourth-order valence-electron chi connectivity index (χ4n) is 3.38. The Kier molecular flexibility index (Phi) is 6.79. The molecule has 0 fully saturated rings. The molecule has 2 heterocycles.